The molecule has 3 nitrogen and oxygen atoms in total. The van der Waals surface area contributed by atoms with E-state index in [2.05, 4.69) is 9.97 Å². The van der Waals surface area contributed by atoms with Crippen LogP contribution >= 0.6 is 23.2 Å². The van der Waals surface area contributed by atoms with Gasteiger partial charge < -0.3 is 4.98 Å². The van der Waals surface area contributed by atoms with E-state index in [1.165, 1.54) is 0 Å². The lowest BCUT2D eigenvalue weighted by Crippen LogP contribution is -2.09. The molecule has 0 aliphatic heterocycles. The molecule has 5 heteroatoms. The lowest BCUT2D eigenvalue weighted by Gasteiger charge is -1.99. The molecule has 0 aliphatic rings. The first-order valence-electron chi connectivity index (χ1n) is 3.52. The fourth-order valence-electron chi connectivity index (χ4n) is 1.13. The number of aromatic amines is 1. The maximum Gasteiger partial charge on any atom is 0.346 e. The Hall–Kier alpha value is -1.06. The monoisotopic (exact) mass is 214 g/mol. The number of nitrogens with zero attached hydrogens (tertiary/aromatic N) is 1. The Balaban J connectivity index is 3.03. The van der Waals surface area contributed by atoms with Crippen LogP contribution in [0, 0.1) is 0 Å². The summed E-state index contributed by atoms with van der Waals surface area (Å²) < 4.78 is 0. The van der Waals surface area contributed by atoms with Crippen LogP contribution in [0.15, 0.2) is 23.0 Å². The van der Waals surface area contributed by atoms with Gasteiger partial charge in [0.1, 0.15) is 5.15 Å². The van der Waals surface area contributed by atoms with Crippen LogP contribution in [0.4, 0.5) is 0 Å². The Kier molecular flexibility index (Phi) is 1.98. The highest BCUT2D eigenvalue weighted by Gasteiger charge is 2.05. The molecule has 1 aromatic heterocycles. The van der Waals surface area contributed by atoms with Gasteiger partial charge in [-0.25, -0.2) is 4.79 Å². The smallest absolute Gasteiger partial charge is 0.305 e. The average Bonchev–Trinajstić information content (AvgIpc) is 2.02. The third-order valence-corrected chi connectivity index (χ3v) is 2.25. The second-order valence-corrected chi connectivity index (χ2v) is 3.26. The van der Waals surface area contributed by atoms with Crippen LogP contribution in [0.25, 0.3) is 10.9 Å². The van der Waals surface area contributed by atoms with Crippen LogP contribution in [0.2, 0.25) is 10.2 Å². The standard InChI is InChI=1S/C8H4Cl2N2O/c9-4-2-1-3-5-6(4)7(10)12-8(13)11-5/h1-3H,(H,11,12,13). The molecule has 2 rings (SSSR count). The predicted octanol–water partition coefficient (Wildman–Crippen LogP) is 2.23. The Morgan fingerprint density at radius 2 is 2.08 bits per heavy atom. The Labute approximate surface area is 83.3 Å². The van der Waals surface area contributed by atoms with Crippen molar-refractivity contribution in [2.24, 2.45) is 0 Å². The maximum atomic E-state index is 10.9. The zero-order valence-corrected chi connectivity index (χ0v) is 7.86. The van der Waals surface area contributed by atoms with Crippen molar-refractivity contribution in [3.05, 3.63) is 38.9 Å². The molecule has 0 aliphatic carbocycles. The summed E-state index contributed by atoms with van der Waals surface area (Å²) in [6.07, 6.45) is 0. The zero-order valence-electron chi connectivity index (χ0n) is 6.34. The summed E-state index contributed by atoms with van der Waals surface area (Å²) in [5, 5.41) is 1.18. The number of aromatic nitrogens is 2. The number of halogens is 2. The summed E-state index contributed by atoms with van der Waals surface area (Å²) in [6, 6.07) is 5.14. The van der Waals surface area contributed by atoms with Crippen molar-refractivity contribution in [2.75, 3.05) is 0 Å². The molecule has 1 N–H and O–H groups in total. The molecule has 0 fully saturated rings. The van der Waals surface area contributed by atoms with E-state index in [1.807, 2.05) is 0 Å². The summed E-state index contributed by atoms with van der Waals surface area (Å²) >= 11 is 11.6. The fourth-order valence-corrected chi connectivity index (χ4v) is 1.72. The first kappa shape index (κ1) is 8.53. The van der Waals surface area contributed by atoms with E-state index in [1.54, 1.807) is 18.2 Å². The van der Waals surface area contributed by atoms with Gasteiger partial charge in [-0.05, 0) is 12.1 Å². The highest BCUT2D eigenvalue weighted by atomic mass is 35.5. The van der Waals surface area contributed by atoms with E-state index < -0.39 is 5.69 Å². The van der Waals surface area contributed by atoms with Gasteiger partial charge in [0.15, 0.2) is 0 Å². The first-order valence-corrected chi connectivity index (χ1v) is 4.28. The number of fused-ring (bicyclic) bond motifs is 1. The summed E-state index contributed by atoms with van der Waals surface area (Å²) in [4.78, 5) is 17.0. The van der Waals surface area contributed by atoms with Crippen LogP contribution < -0.4 is 5.69 Å². The van der Waals surface area contributed by atoms with Gasteiger partial charge in [-0.3, -0.25) is 0 Å². The first-order chi connectivity index (χ1) is 6.18. The molecule has 0 spiro atoms. The maximum absolute atomic E-state index is 10.9. The second kappa shape index (κ2) is 3.01. The van der Waals surface area contributed by atoms with Crippen molar-refractivity contribution in [3.8, 4) is 0 Å². The summed E-state index contributed by atoms with van der Waals surface area (Å²) in [7, 11) is 0. The molecule has 0 radical (unpaired) electrons. The minimum atomic E-state index is -0.472. The van der Waals surface area contributed by atoms with Gasteiger partial charge in [0.25, 0.3) is 0 Å². The van der Waals surface area contributed by atoms with Crippen molar-refractivity contribution < 1.29 is 0 Å². The summed E-state index contributed by atoms with van der Waals surface area (Å²) in [5.41, 5.74) is 0.122. The van der Waals surface area contributed by atoms with Gasteiger partial charge >= 0.3 is 5.69 Å². The van der Waals surface area contributed by atoms with E-state index in [9.17, 15) is 4.79 Å². The van der Waals surface area contributed by atoms with Gasteiger partial charge in [0.2, 0.25) is 0 Å². The van der Waals surface area contributed by atoms with Crippen LogP contribution in [-0.2, 0) is 0 Å². The van der Waals surface area contributed by atoms with Gasteiger partial charge in [-0.1, -0.05) is 29.3 Å². The molecule has 1 heterocycles. The number of H-pyrrole nitrogens is 1. The molecular weight excluding hydrogens is 211 g/mol. The van der Waals surface area contributed by atoms with E-state index >= 15 is 0 Å². The molecule has 0 atom stereocenters. The zero-order chi connectivity index (χ0) is 9.42. The van der Waals surface area contributed by atoms with Gasteiger partial charge in [-0.2, -0.15) is 4.98 Å². The van der Waals surface area contributed by atoms with Gasteiger partial charge in [0, 0.05) is 0 Å². The molecule has 1 aromatic carbocycles. The van der Waals surface area contributed by atoms with Crippen LogP contribution in [0.1, 0.15) is 0 Å². The number of hydrogen-bond donors (Lipinski definition) is 1. The molecule has 0 saturated heterocycles. The van der Waals surface area contributed by atoms with Crippen molar-refractivity contribution in [2.45, 2.75) is 0 Å². The molecule has 2 aromatic rings. The van der Waals surface area contributed by atoms with Crippen LogP contribution in [-0.4, -0.2) is 9.97 Å². The summed E-state index contributed by atoms with van der Waals surface area (Å²) in [5.74, 6) is 0. The highest BCUT2D eigenvalue weighted by molar-refractivity contribution is 6.41. The summed E-state index contributed by atoms with van der Waals surface area (Å²) in [6.45, 7) is 0. The van der Waals surface area contributed by atoms with Crippen molar-refractivity contribution >= 4 is 34.1 Å². The Morgan fingerprint density at radius 1 is 1.31 bits per heavy atom. The third-order valence-electron chi connectivity index (χ3n) is 1.66. The lowest BCUT2D eigenvalue weighted by molar-refractivity contribution is 1.12. The minimum absolute atomic E-state index is 0.129. The van der Waals surface area contributed by atoms with E-state index in [0.29, 0.717) is 15.9 Å². The fraction of sp³-hybridized carbons (Fsp3) is 0. The number of benzene rings is 1. The number of rotatable bonds is 0. The Bertz CT molecular complexity index is 521. The Morgan fingerprint density at radius 3 is 2.85 bits per heavy atom. The third kappa shape index (κ3) is 1.41. The van der Waals surface area contributed by atoms with Crippen LogP contribution in [0.5, 0.6) is 0 Å². The normalized spacial score (nSPS) is 10.6. The molecular formula is C8H4Cl2N2O. The van der Waals surface area contributed by atoms with E-state index in [4.69, 9.17) is 23.2 Å². The minimum Gasteiger partial charge on any atom is -0.305 e. The lowest BCUT2D eigenvalue weighted by atomic mass is 10.2. The van der Waals surface area contributed by atoms with Gasteiger partial charge in [-0.15, -0.1) is 0 Å². The molecule has 66 valence electrons. The topological polar surface area (TPSA) is 45.8 Å². The molecule has 0 bridgehead atoms. The number of hydrogen-bond acceptors (Lipinski definition) is 2. The quantitative estimate of drug-likeness (QED) is 0.685. The van der Waals surface area contributed by atoms with Crippen molar-refractivity contribution in [1.29, 1.82) is 0 Å². The van der Waals surface area contributed by atoms with Gasteiger partial charge in [0.05, 0.1) is 15.9 Å². The largest absolute Gasteiger partial charge is 0.346 e. The number of nitrogens with one attached hydrogen (secondary N) is 1. The SMILES string of the molecule is O=c1nc(Cl)c2c(Cl)cccc2[nH]1. The average molecular weight is 215 g/mol. The molecule has 13 heavy (non-hydrogen) atoms. The van der Waals surface area contributed by atoms with Crippen LogP contribution in [0.3, 0.4) is 0 Å². The second-order valence-electron chi connectivity index (χ2n) is 2.50. The van der Waals surface area contributed by atoms with E-state index in [0.717, 1.165) is 0 Å². The van der Waals surface area contributed by atoms with E-state index in [-0.39, 0.29) is 5.15 Å². The predicted molar refractivity (Wildman–Crippen MR) is 52.4 cm³/mol. The molecule has 0 amide bonds. The van der Waals surface area contributed by atoms with Crippen molar-refractivity contribution in [3.63, 3.8) is 0 Å². The highest BCUT2D eigenvalue weighted by Crippen LogP contribution is 2.25. The molecule has 0 unspecified atom stereocenters. The molecule has 0 saturated carbocycles. The van der Waals surface area contributed by atoms with Crippen molar-refractivity contribution in [1.82, 2.24) is 9.97 Å².